The summed E-state index contributed by atoms with van der Waals surface area (Å²) in [5.74, 6) is -3.19. The van der Waals surface area contributed by atoms with Crippen LogP contribution in [0, 0.1) is 17.5 Å². The molecular formula is C17H15F3N6O. The van der Waals surface area contributed by atoms with E-state index in [1.165, 1.54) is 4.90 Å². The van der Waals surface area contributed by atoms with Crippen molar-refractivity contribution in [3.63, 3.8) is 0 Å². The Kier molecular flexibility index (Phi) is 4.05. The Morgan fingerprint density at radius 2 is 1.85 bits per heavy atom. The van der Waals surface area contributed by atoms with Crippen LogP contribution in [-0.4, -0.2) is 50.2 Å². The predicted octanol–water partition coefficient (Wildman–Crippen LogP) is 2.13. The Bertz CT molecular complexity index is 989. The molecule has 0 saturated carbocycles. The van der Waals surface area contributed by atoms with Crippen LogP contribution in [-0.2, 0) is 6.54 Å². The minimum atomic E-state index is -1.60. The first-order valence-electron chi connectivity index (χ1n) is 8.34. The van der Waals surface area contributed by atoms with Gasteiger partial charge in [-0.1, -0.05) is 0 Å². The molecule has 0 fully saturated rings. The van der Waals surface area contributed by atoms with Crippen LogP contribution in [0.5, 0.6) is 0 Å². The van der Waals surface area contributed by atoms with Gasteiger partial charge in [0.2, 0.25) is 0 Å². The van der Waals surface area contributed by atoms with E-state index in [1.807, 2.05) is 4.57 Å². The maximum absolute atomic E-state index is 13.5. The van der Waals surface area contributed by atoms with Crippen molar-refractivity contribution in [1.82, 2.24) is 19.7 Å². The average molecular weight is 376 g/mol. The zero-order valence-corrected chi connectivity index (χ0v) is 14.6. The highest BCUT2D eigenvalue weighted by Crippen LogP contribution is 2.27. The molecule has 2 aromatic rings. The third-order valence-electron chi connectivity index (χ3n) is 4.69. The lowest BCUT2D eigenvalue weighted by molar-refractivity contribution is 0.0636. The molecule has 0 unspecified atom stereocenters. The zero-order chi connectivity index (χ0) is 19.3. The largest absolute Gasteiger partial charge is 0.327 e. The number of aliphatic imine (C=N–C) groups is 2. The normalized spacial score (nSPS) is 19.0. The van der Waals surface area contributed by atoms with Crippen molar-refractivity contribution in [1.29, 1.82) is 0 Å². The molecule has 140 valence electrons. The van der Waals surface area contributed by atoms with E-state index in [9.17, 15) is 18.0 Å². The van der Waals surface area contributed by atoms with E-state index in [1.54, 1.807) is 13.8 Å². The standard InChI is InChI=1S/C17H15F3N6O/c1-8-15-23-24-16(13-7-21-9(2)22-13)26(15)4-3-25(8)17(27)10-5-11(18)14(20)12(19)6-10/h5-6,8H,3-4,7H2,1-2H3/t8-/m1/s1. The molecule has 1 atom stereocenters. The van der Waals surface area contributed by atoms with E-state index in [4.69, 9.17) is 0 Å². The van der Waals surface area contributed by atoms with Gasteiger partial charge in [0.25, 0.3) is 5.91 Å². The smallest absolute Gasteiger partial charge is 0.254 e. The summed E-state index contributed by atoms with van der Waals surface area (Å²) in [5.41, 5.74) is 0.455. The highest BCUT2D eigenvalue weighted by atomic mass is 19.2. The summed E-state index contributed by atoms with van der Waals surface area (Å²) in [7, 11) is 0. The number of amides is 1. The summed E-state index contributed by atoms with van der Waals surface area (Å²) in [5, 5.41) is 8.33. The number of nitrogens with zero attached hydrogens (tertiary/aromatic N) is 6. The molecule has 0 saturated heterocycles. The van der Waals surface area contributed by atoms with Crippen LogP contribution < -0.4 is 0 Å². The molecule has 10 heteroatoms. The molecule has 1 aromatic carbocycles. The Hall–Kier alpha value is -3.04. The molecule has 0 radical (unpaired) electrons. The number of halogens is 3. The molecule has 0 bridgehead atoms. The van der Waals surface area contributed by atoms with E-state index >= 15 is 0 Å². The second kappa shape index (κ2) is 6.29. The molecule has 4 rings (SSSR count). The summed E-state index contributed by atoms with van der Waals surface area (Å²) in [4.78, 5) is 22.7. The fourth-order valence-electron chi connectivity index (χ4n) is 3.30. The molecule has 0 N–H and O–H groups in total. The zero-order valence-electron chi connectivity index (χ0n) is 14.6. The van der Waals surface area contributed by atoms with E-state index in [0.29, 0.717) is 48.4 Å². The summed E-state index contributed by atoms with van der Waals surface area (Å²) >= 11 is 0. The fourth-order valence-corrected chi connectivity index (χ4v) is 3.30. The third kappa shape index (κ3) is 2.81. The van der Waals surface area contributed by atoms with Crippen LogP contribution in [0.15, 0.2) is 22.1 Å². The molecule has 7 nitrogen and oxygen atoms in total. The number of amidine groups is 1. The van der Waals surface area contributed by atoms with Crippen molar-refractivity contribution in [2.45, 2.75) is 26.4 Å². The van der Waals surface area contributed by atoms with Crippen LogP contribution >= 0.6 is 0 Å². The fraction of sp³-hybridized carbons (Fsp3) is 0.353. The van der Waals surface area contributed by atoms with Gasteiger partial charge in [-0.25, -0.2) is 18.2 Å². The van der Waals surface area contributed by atoms with Crippen LogP contribution in [0.2, 0.25) is 0 Å². The first kappa shape index (κ1) is 17.4. The van der Waals surface area contributed by atoms with E-state index in [-0.39, 0.29) is 12.1 Å². The first-order chi connectivity index (χ1) is 12.9. The summed E-state index contributed by atoms with van der Waals surface area (Å²) in [6, 6.07) is 0.921. The third-order valence-corrected chi connectivity index (χ3v) is 4.69. The monoisotopic (exact) mass is 376 g/mol. The molecule has 1 aromatic heterocycles. The molecular weight excluding hydrogens is 361 g/mol. The Labute approximate surface area is 152 Å². The molecule has 0 spiro atoms. The number of carbonyl (C=O) groups is 1. The van der Waals surface area contributed by atoms with Gasteiger partial charge >= 0.3 is 0 Å². The number of aromatic nitrogens is 3. The minimum absolute atomic E-state index is 0.254. The lowest BCUT2D eigenvalue weighted by atomic mass is 10.1. The van der Waals surface area contributed by atoms with Gasteiger partial charge in [-0.05, 0) is 26.0 Å². The summed E-state index contributed by atoms with van der Waals surface area (Å²) in [6.07, 6.45) is 0. The number of benzene rings is 1. The summed E-state index contributed by atoms with van der Waals surface area (Å²) < 4.78 is 42.0. The second-order valence-corrected chi connectivity index (χ2v) is 6.38. The van der Waals surface area contributed by atoms with E-state index < -0.39 is 29.4 Å². The van der Waals surface area contributed by atoms with Crippen LogP contribution in [0.4, 0.5) is 13.2 Å². The van der Waals surface area contributed by atoms with Crippen molar-refractivity contribution in [2.75, 3.05) is 13.1 Å². The highest BCUT2D eigenvalue weighted by molar-refractivity contribution is 6.10. The van der Waals surface area contributed by atoms with Crippen molar-refractivity contribution in [3.8, 4) is 0 Å². The number of rotatable bonds is 2. The van der Waals surface area contributed by atoms with Crippen molar-refractivity contribution in [3.05, 3.63) is 46.8 Å². The molecule has 1 amide bonds. The van der Waals surface area contributed by atoms with E-state index in [0.717, 1.165) is 0 Å². The van der Waals surface area contributed by atoms with Gasteiger partial charge in [-0.15, -0.1) is 10.2 Å². The molecule has 27 heavy (non-hydrogen) atoms. The van der Waals surface area contributed by atoms with Gasteiger partial charge in [-0.2, -0.15) is 0 Å². The van der Waals surface area contributed by atoms with Crippen LogP contribution in [0.3, 0.4) is 0 Å². The minimum Gasteiger partial charge on any atom is -0.327 e. The van der Waals surface area contributed by atoms with Gasteiger partial charge in [0.15, 0.2) is 29.1 Å². The lowest BCUT2D eigenvalue weighted by Gasteiger charge is -2.33. The SMILES string of the molecule is CC1=NCC(c2nnc3n2CCN(C(=O)c2cc(F)c(F)c(F)c2)[C@@H]3C)=N1. The number of fused-ring (bicyclic) bond motifs is 1. The Morgan fingerprint density at radius 3 is 2.48 bits per heavy atom. The van der Waals surface area contributed by atoms with Gasteiger partial charge < -0.3 is 9.47 Å². The molecule has 2 aliphatic heterocycles. The average Bonchev–Trinajstić information content (AvgIpc) is 3.25. The van der Waals surface area contributed by atoms with Gasteiger partial charge in [-0.3, -0.25) is 9.79 Å². The molecule has 0 aliphatic carbocycles. The number of hydrogen-bond donors (Lipinski definition) is 0. The Morgan fingerprint density at radius 1 is 1.15 bits per heavy atom. The van der Waals surface area contributed by atoms with Gasteiger partial charge in [0.05, 0.1) is 12.6 Å². The van der Waals surface area contributed by atoms with Crippen molar-refractivity contribution in [2.24, 2.45) is 9.98 Å². The van der Waals surface area contributed by atoms with Crippen LogP contribution in [0.25, 0.3) is 0 Å². The molecule has 2 aliphatic rings. The van der Waals surface area contributed by atoms with Gasteiger partial charge in [0, 0.05) is 18.7 Å². The quantitative estimate of drug-likeness (QED) is 0.754. The lowest BCUT2D eigenvalue weighted by Crippen LogP contribution is -2.42. The van der Waals surface area contributed by atoms with Crippen molar-refractivity contribution < 1.29 is 18.0 Å². The highest BCUT2D eigenvalue weighted by Gasteiger charge is 2.33. The number of hydrogen-bond acceptors (Lipinski definition) is 5. The number of carbonyl (C=O) groups excluding carboxylic acids is 1. The topological polar surface area (TPSA) is 75.7 Å². The summed E-state index contributed by atoms with van der Waals surface area (Å²) in [6.45, 7) is 4.65. The van der Waals surface area contributed by atoms with Crippen LogP contribution in [0.1, 0.15) is 41.9 Å². The van der Waals surface area contributed by atoms with Gasteiger partial charge in [0.1, 0.15) is 11.5 Å². The Balaban J connectivity index is 1.63. The predicted molar refractivity (Wildman–Crippen MR) is 90.3 cm³/mol. The van der Waals surface area contributed by atoms with E-state index in [2.05, 4.69) is 20.2 Å². The maximum atomic E-state index is 13.5. The second-order valence-electron chi connectivity index (χ2n) is 6.38. The first-order valence-corrected chi connectivity index (χ1v) is 8.34. The maximum Gasteiger partial charge on any atom is 0.254 e. The van der Waals surface area contributed by atoms with Crippen molar-refractivity contribution >= 4 is 17.5 Å². The molecule has 3 heterocycles.